The molecule has 0 bridgehead atoms. The summed E-state index contributed by atoms with van der Waals surface area (Å²) in [6, 6.07) is 0. The third-order valence-corrected chi connectivity index (χ3v) is 3.10. The summed E-state index contributed by atoms with van der Waals surface area (Å²) in [7, 11) is 0. The molecule has 4 heteroatoms. The van der Waals surface area contributed by atoms with Crippen molar-refractivity contribution in [2.75, 3.05) is 39.4 Å². The summed E-state index contributed by atoms with van der Waals surface area (Å²) < 4.78 is 5.06. The van der Waals surface area contributed by atoms with Gasteiger partial charge in [-0.25, -0.2) is 0 Å². The molecule has 0 spiro atoms. The standard InChI is InChI=1S/C13H26N2O2/c1-3-17-11-13(16)14-9-12(2)10-15-7-5-4-6-8-15/h12H,3-11H2,1-2H3,(H,14,16). The maximum absolute atomic E-state index is 11.3. The fraction of sp³-hybridized carbons (Fsp3) is 0.923. The molecule has 1 amide bonds. The van der Waals surface area contributed by atoms with Crippen LogP contribution < -0.4 is 5.32 Å². The Balaban J connectivity index is 2.07. The Morgan fingerprint density at radius 3 is 2.71 bits per heavy atom. The molecule has 0 aliphatic carbocycles. The van der Waals surface area contributed by atoms with Gasteiger partial charge in [0.1, 0.15) is 6.61 Å². The molecule has 1 atom stereocenters. The molecule has 1 fully saturated rings. The number of piperidine rings is 1. The second-order valence-corrected chi connectivity index (χ2v) is 4.91. The summed E-state index contributed by atoms with van der Waals surface area (Å²) in [6.45, 7) is 9.15. The van der Waals surface area contributed by atoms with Crippen LogP contribution in [0.15, 0.2) is 0 Å². The Labute approximate surface area is 105 Å². The summed E-state index contributed by atoms with van der Waals surface area (Å²) in [5.74, 6) is 0.510. The maximum Gasteiger partial charge on any atom is 0.246 e. The smallest absolute Gasteiger partial charge is 0.246 e. The van der Waals surface area contributed by atoms with E-state index < -0.39 is 0 Å². The van der Waals surface area contributed by atoms with Crippen LogP contribution in [-0.2, 0) is 9.53 Å². The summed E-state index contributed by atoms with van der Waals surface area (Å²) in [6.07, 6.45) is 4.02. The van der Waals surface area contributed by atoms with E-state index in [2.05, 4.69) is 17.1 Å². The average Bonchev–Trinajstić information content (AvgIpc) is 2.35. The van der Waals surface area contributed by atoms with E-state index >= 15 is 0 Å². The van der Waals surface area contributed by atoms with E-state index in [0.717, 1.165) is 13.1 Å². The number of carbonyl (C=O) groups is 1. The van der Waals surface area contributed by atoms with Gasteiger partial charge in [-0.05, 0) is 38.8 Å². The fourth-order valence-electron chi connectivity index (χ4n) is 2.18. The third kappa shape index (κ3) is 6.64. The molecule has 0 aromatic carbocycles. The molecule has 1 aliphatic rings. The van der Waals surface area contributed by atoms with Crippen LogP contribution in [0.3, 0.4) is 0 Å². The molecule has 1 aliphatic heterocycles. The van der Waals surface area contributed by atoms with Crippen molar-refractivity contribution >= 4 is 5.91 Å². The summed E-state index contributed by atoms with van der Waals surface area (Å²) in [5, 5.41) is 2.92. The van der Waals surface area contributed by atoms with E-state index in [9.17, 15) is 4.79 Å². The lowest BCUT2D eigenvalue weighted by Crippen LogP contribution is -2.38. The highest BCUT2D eigenvalue weighted by Crippen LogP contribution is 2.10. The van der Waals surface area contributed by atoms with Gasteiger partial charge >= 0.3 is 0 Å². The molecule has 0 aromatic rings. The predicted octanol–water partition coefficient (Wildman–Crippen LogP) is 1.26. The monoisotopic (exact) mass is 242 g/mol. The van der Waals surface area contributed by atoms with Gasteiger partial charge in [-0.1, -0.05) is 13.3 Å². The molecular weight excluding hydrogens is 216 g/mol. The Morgan fingerprint density at radius 1 is 1.35 bits per heavy atom. The maximum atomic E-state index is 11.3. The second kappa shape index (κ2) is 8.48. The van der Waals surface area contributed by atoms with Crippen molar-refractivity contribution in [1.29, 1.82) is 0 Å². The van der Waals surface area contributed by atoms with Crippen molar-refractivity contribution in [3.8, 4) is 0 Å². The van der Waals surface area contributed by atoms with Gasteiger partial charge in [0.2, 0.25) is 5.91 Å². The minimum absolute atomic E-state index is 0.00246. The zero-order valence-electron chi connectivity index (χ0n) is 11.2. The van der Waals surface area contributed by atoms with Crippen molar-refractivity contribution in [2.45, 2.75) is 33.1 Å². The molecule has 1 N–H and O–H groups in total. The van der Waals surface area contributed by atoms with Gasteiger partial charge in [0.25, 0.3) is 0 Å². The van der Waals surface area contributed by atoms with Crippen molar-refractivity contribution < 1.29 is 9.53 Å². The van der Waals surface area contributed by atoms with Gasteiger partial charge in [-0.3, -0.25) is 4.79 Å². The minimum Gasteiger partial charge on any atom is -0.372 e. The molecule has 0 aromatic heterocycles. The predicted molar refractivity (Wildman–Crippen MR) is 69.0 cm³/mol. The molecule has 1 heterocycles. The van der Waals surface area contributed by atoms with Gasteiger partial charge < -0.3 is 15.0 Å². The van der Waals surface area contributed by atoms with E-state index in [-0.39, 0.29) is 12.5 Å². The van der Waals surface area contributed by atoms with Gasteiger partial charge in [-0.2, -0.15) is 0 Å². The number of hydrogen-bond donors (Lipinski definition) is 1. The van der Waals surface area contributed by atoms with Crippen LogP contribution in [0.25, 0.3) is 0 Å². The Hall–Kier alpha value is -0.610. The molecule has 1 unspecified atom stereocenters. The third-order valence-electron chi connectivity index (χ3n) is 3.10. The molecule has 0 saturated carbocycles. The summed E-state index contributed by atoms with van der Waals surface area (Å²) in [4.78, 5) is 13.9. The average molecular weight is 242 g/mol. The van der Waals surface area contributed by atoms with Crippen LogP contribution in [0.5, 0.6) is 0 Å². The first kappa shape index (κ1) is 14.5. The first-order chi connectivity index (χ1) is 8.22. The first-order valence-electron chi connectivity index (χ1n) is 6.79. The number of nitrogens with zero attached hydrogens (tertiary/aromatic N) is 1. The number of amides is 1. The Bertz CT molecular complexity index is 215. The van der Waals surface area contributed by atoms with Crippen molar-refractivity contribution in [3.63, 3.8) is 0 Å². The van der Waals surface area contributed by atoms with Crippen LogP contribution >= 0.6 is 0 Å². The largest absolute Gasteiger partial charge is 0.372 e. The summed E-state index contributed by atoms with van der Waals surface area (Å²) in [5.41, 5.74) is 0. The van der Waals surface area contributed by atoms with Gasteiger partial charge in [-0.15, -0.1) is 0 Å². The van der Waals surface area contributed by atoms with Crippen LogP contribution in [0, 0.1) is 5.92 Å². The van der Waals surface area contributed by atoms with E-state index in [1.165, 1.54) is 32.4 Å². The molecule has 17 heavy (non-hydrogen) atoms. The fourth-order valence-corrected chi connectivity index (χ4v) is 2.18. The number of nitrogens with one attached hydrogen (secondary N) is 1. The Kier molecular flexibility index (Phi) is 7.21. The lowest BCUT2D eigenvalue weighted by atomic mass is 10.1. The van der Waals surface area contributed by atoms with Crippen LogP contribution in [0.1, 0.15) is 33.1 Å². The van der Waals surface area contributed by atoms with E-state index in [1.54, 1.807) is 0 Å². The molecular formula is C13H26N2O2. The van der Waals surface area contributed by atoms with Crippen LogP contribution in [-0.4, -0.2) is 50.2 Å². The topological polar surface area (TPSA) is 41.6 Å². The zero-order valence-corrected chi connectivity index (χ0v) is 11.2. The lowest BCUT2D eigenvalue weighted by Gasteiger charge is -2.29. The summed E-state index contributed by atoms with van der Waals surface area (Å²) >= 11 is 0. The number of ether oxygens (including phenoxy) is 1. The molecule has 1 saturated heterocycles. The number of hydrogen-bond acceptors (Lipinski definition) is 3. The molecule has 4 nitrogen and oxygen atoms in total. The molecule has 1 rings (SSSR count). The highest BCUT2D eigenvalue weighted by atomic mass is 16.5. The highest BCUT2D eigenvalue weighted by Gasteiger charge is 2.13. The van der Waals surface area contributed by atoms with E-state index in [1.807, 2.05) is 6.92 Å². The van der Waals surface area contributed by atoms with Crippen molar-refractivity contribution in [2.24, 2.45) is 5.92 Å². The highest BCUT2D eigenvalue weighted by molar-refractivity contribution is 5.77. The SMILES string of the molecule is CCOCC(=O)NCC(C)CN1CCCCC1. The van der Waals surface area contributed by atoms with Gasteiger partial charge in [0.05, 0.1) is 0 Å². The lowest BCUT2D eigenvalue weighted by molar-refractivity contribution is -0.125. The van der Waals surface area contributed by atoms with Crippen LogP contribution in [0.2, 0.25) is 0 Å². The first-order valence-corrected chi connectivity index (χ1v) is 6.79. The number of carbonyl (C=O) groups excluding carboxylic acids is 1. The zero-order chi connectivity index (χ0) is 12.5. The van der Waals surface area contributed by atoms with Crippen molar-refractivity contribution in [3.05, 3.63) is 0 Å². The number of rotatable bonds is 7. The Morgan fingerprint density at radius 2 is 2.06 bits per heavy atom. The van der Waals surface area contributed by atoms with E-state index in [4.69, 9.17) is 4.74 Å². The van der Waals surface area contributed by atoms with Crippen LogP contribution in [0.4, 0.5) is 0 Å². The van der Waals surface area contributed by atoms with Crippen molar-refractivity contribution in [1.82, 2.24) is 10.2 Å². The molecule has 0 radical (unpaired) electrons. The van der Waals surface area contributed by atoms with E-state index in [0.29, 0.717) is 12.5 Å². The normalized spacial score (nSPS) is 18.9. The number of likely N-dealkylation sites (tertiary alicyclic amines) is 1. The quantitative estimate of drug-likeness (QED) is 0.731. The second-order valence-electron chi connectivity index (χ2n) is 4.91. The van der Waals surface area contributed by atoms with Gasteiger partial charge in [0.15, 0.2) is 0 Å². The van der Waals surface area contributed by atoms with Gasteiger partial charge in [0, 0.05) is 19.7 Å². The molecule has 100 valence electrons. The minimum atomic E-state index is -0.00246.